The van der Waals surface area contributed by atoms with E-state index in [0.29, 0.717) is 5.41 Å². The third-order valence-corrected chi connectivity index (χ3v) is 4.17. The Hall–Kier alpha value is 0.350. The van der Waals surface area contributed by atoms with Crippen molar-refractivity contribution < 1.29 is 0 Å². The van der Waals surface area contributed by atoms with E-state index in [1.54, 1.807) is 0 Å². The smallest absolute Gasteiger partial charge is 0.0414 e. The maximum atomic E-state index is 5.21. The molecule has 1 heteroatoms. The van der Waals surface area contributed by atoms with Gasteiger partial charge < -0.3 is 12.6 Å². The van der Waals surface area contributed by atoms with Gasteiger partial charge >= 0.3 is 0 Å². The molecule has 0 heterocycles. The highest BCUT2D eigenvalue weighted by atomic mass is 32.1. The van der Waals surface area contributed by atoms with Gasteiger partial charge in [0.1, 0.15) is 0 Å². The van der Waals surface area contributed by atoms with Gasteiger partial charge in [-0.15, -0.1) is 0 Å². The van der Waals surface area contributed by atoms with E-state index in [2.05, 4.69) is 0 Å². The van der Waals surface area contributed by atoms with Crippen molar-refractivity contribution >= 4 is 12.6 Å². The maximum absolute atomic E-state index is 5.21. The molecule has 0 saturated heterocycles. The molecule has 3 rings (SSSR count). The first kappa shape index (κ1) is 7.02. The van der Waals surface area contributed by atoms with E-state index in [-0.39, 0.29) is 0 Å². The quantitative estimate of drug-likeness (QED) is 0.524. The van der Waals surface area contributed by atoms with Crippen molar-refractivity contribution in [2.24, 2.45) is 11.3 Å². The molecule has 0 unspecified atom stereocenters. The molecule has 0 aromatic rings. The molecule has 0 nitrogen and oxygen atoms in total. The zero-order chi connectivity index (χ0) is 7.03. The van der Waals surface area contributed by atoms with Crippen molar-refractivity contribution in [3.63, 3.8) is 0 Å². The van der Waals surface area contributed by atoms with E-state index in [1.165, 1.54) is 38.5 Å². The van der Waals surface area contributed by atoms with Crippen LogP contribution in [0.15, 0.2) is 0 Å². The van der Waals surface area contributed by atoms with Crippen molar-refractivity contribution in [1.82, 2.24) is 0 Å². The van der Waals surface area contributed by atoms with Gasteiger partial charge in [-0.1, -0.05) is 5.41 Å². The van der Waals surface area contributed by atoms with Crippen LogP contribution in [0.1, 0.15) is 38.5 Å². The van der Waals surface area contributed by atoms with Crippen LogP contribution in [0.5, 0.6) is 0 Å². The Balaban J connectivity index is 2.08. The maximum Gasteiger partial charge on any atom is -0.0414 e. The minimum atomic E-state index is 0.643. The molecule has 0 atom stereocenters. The van der Waals surface area contributed by atoms with Crippen LogP contribution in [-0.4, -0.2) is 5.75 Å². The van der Waals surface area contributed by atoms with Gasteiger partial charge in [-0.2, -0.15) is 5.75 Å². The van der Waals surface area contributed by atoms with Crippen LogP contribution in [0, 0.1) is 11.3 Å². The van der Waals surface area contributed by atoms with E-state index in [0.717, 1.165) is 11.7 Å². The lowest BCUT2D eigenvalue weighted by Gasteiger charge is -2.49. The molecule has 0 aliphatic heterocycles. The Morgan fingerprint density at radius 3 is 1.90 bits per heavy atom. The highest BCUT2D eigenvalue weighted by Crippen LogP contribution is 2.49. The van der Waals surface area contributed by atoms with Crippen LogP contribution in [0.3, 0.4) is 0 Å². The second-order valence-electron chi connectivity index (χ2n) is 4.13. The van der Waals surface area contributed by atoms with Gasteiger partial charge in [0, 0.05) is 0 Å². The second kappa shape index (κ2) is 2.44. The van der Waals surface area contributed by atoms with Crippen LogP contribution < -0.4 is 0 Å². The molecule has 10 heavy (non-hydrogen) atoms. The minimum absolute atomic E-state index is 0.643. The van der Waals surface area contributed by atoms with Crippen LogP contribution in [0.4, 0.5) is 0 Å². The molecule has 0 radical (unpaired) electrons. The SMILES string of the molecule is [S-]CC12CCC(CC1)CC2. The van der Waals surface area contributed by atoms with E-state index in [9.17, 15) is 0 Å². The normalized spacial score (nSPS) is 45.9. The van der Waals surface area contributed by atoms with Gasteiger partial charge in [-0.3, -0.25) is 0 Å². The highest BCUT2D eigenvalue weighted by Gasteiger charge is 2.36. The fraction of sp³-hybridized carbons (Fsp3) is 1.00. The molecule has 0 aromatic carbocycles. The van der Waals surface area contributed by atoms with Crippen LogP contribution >= 0.6 is 0 Å². The van der Waals surface area contributed by atoms with E-state index >= 15 is 0 Å². The van der Waals surface area contributed by atoms with Crippen LogP contribution in [0.2, 0.25) is 0 Å². The first-order chi connectivity index (χ1) is 4.85. The first-order valence-corrected chi connectivity index (χ1v) is 5.00. The molecule has 0 spiro atoms. The number of rotatable bonds is 1. The molecule has 2 bridgehead atoms. The largest absolute Gasteiger partial charge is 0.792 e. The van der Waals surface area contributed by atoms with Crippen LogP contribution in [-0.2, 0) is 12.6 Å². The van der Waals surface area contributed by atoms with E-state index in [1.807, 2.05) is 0 Å². The van der Waals surface area contributed by atoms with Crippen molar-refractivity contribution in [1.29, 1.82) is 0 Å². The lowest BCUT2D eigenvalue weighted by atomic mass is 9.62. The molecule has 3 saturated carbocycles. The predicted octanol–water partition coefficient (Wildman–Crippen LogP) is 2.50. The van der Waals surface area contributed by atoms with Gasteiger partial charge in [0.2, 0.25) is 0 Å². The second-order valence-corrected chi connectivity index (χ2v) is 4.42. The van der Waals surface area contributed by atoms with Gasteiger partial charge in [-0.05, 0) is 44.4 Å². The van der Waals surface area contributed by atoms with Crippen molar-refractivity contribution in [3.05, 3.63) is 0 Å². The van der Waals surface area contributed by atoms with Crippen molar-refractivity contribution in [2.45, 2.75) is 38.5 Å². The Morgan fingerprint density at radius 2 is 1.60 bits per heavy atom. The number of fused-ring (bicyclic) bond motifs is 3. The summed E-state index contributed by atoms with van der Waals surface area (Å²) in [5.74, 6) is 2.11. The van der Waals surface area contributed by atoms with Gasteiger partial charge in [0.15, 0.2) is 0 Å². The summed E-state index contributed by atoms with van der Waals surface area (Å²) in [4.78, 5) is 0. The molecular formula is C9H15S-. The standard InChI is InChI=1S/C9H16S/c10-7-9-4-1-8(2-5-9)3-6-9/h8,10H,1-7H2/p-1. The zero-order valence-corrected chi connectivity index (χ0v) is 7.25. The molecule has 0 N–H and O–H groups in total. The molecule has 58 valence electrons. The molecule has 0 aromatic heterocycles. The van der Waals surface area contributed by atoms with Gasteiger partial charge in [0.25, 0.3) is 0 Å². The molecule has 3 aliphatic carbocycles. The highest BCUT2D eigenvalue weighted by molar-refractivity contribution is 7.58. The molecule has 3 aliphatic rings. The molecule has 0 amide bonds. The zero-order valence-electron chi connectivity index (χ0n) is 6.44. The lowest BCUT2D eigenvalue weighted by molar-refractivity contribution is 0.0880. The average molecular weight is 155 g/mol. The topological polar surface area (TPSA) is 0 Å². The average Bonchev–Trinajstić information content (AvgIpc) is 2.08. The summed E-state index contributed by atoms with van der Waals surface area (Å²) < 4.78 is 0. The Bertz CT molecular complexity index is 109. The van der Waals surface area contributed by atoms with Gasteiger partial charge in [-0.25, -0.2) is 0 Å². The minimum Gasteiger partial charge on any atom is -0.792 e. The number of hydrogen-bond donors (Lipinski definition) is 0. The first-order valence-electron chi connectivity index (χ1n) is 4.43. The Kier molecular flexibility index (Phi) is 1.71. The van der Waals surface area contributed by atoms with Crippen molar-refractivity contribution in [3.8, 4) is 0 Å². The van der Waals surface area contributed by atoms with Crippen molar-refractivity contribution in [2.75, 3.05) is 5.75 Å². The summed E-state index contributed by atoms with van der Waals surface area (Å²) >= 11 is 5.21. The van der Waals surface area contributed by atoms with Crippen LogP contribution in [0.25, 0.3) is 0 Å². The summed E-state index contributed by atoms with van der Waals surface area (Å²) in [6.45, 7) is 0. The molecule has 3 fully saturated rings. The Labute approximate surface area is 68.8 Å². The van der Waals surface area contributed by atoms with Gasteiger partial charge in [0.05, 0.1) is 0 Å². The number of hydrogen-bond acceptors (Lipinski definition) is 1. The Morgan fingerprint density at radius 1 is 1.10 bits per heavy atom. The lowest BCUT2D eigenvalue weighted by Crippen LogP contribution is -2.36. The monoisotopic (exact) mass is 155 g/mol. The summed E-state index contributed by atoms with van der Waals surface area (Å²) in [5, 5.41) is 0. The predicted molar refractivity (Wildman–Crippen MR) is 45.9 cm³/mol. The fourth-order valence-electron chi connectivity index (χ4n) is 2.56. The summed E-state index contributed by atoms with van der Waals surface area (Å²) in [6, 6.07) is 0. The summed E-state index contributed by atoms with van der Waals surface area (Å²) in [6.07, 6.45) is 8.79. The molecular weight excluding hydrogens is 140 g/mol. The summed E-state index contributed by atoms with van der Waals surface area (Å²) in [7, 11) is 0. The third kappa shape index (κ3) is 0.990. The van der Waals surface area contributed by atoms with E-state index < -0.39 is 0 Å². The fourth-order valence-corrected chi connectivity index (χ4v) is 2.99. The summed E-state index contributed by atoms with van der Waals surface area (Å²) in [5.41, 5.74) is 0.643. The van der Waals surface area contributed by atoms with E-state index in [4.69, 9.17) is 12.6 Å². The third-order valence-electron chi connectivity index (χ3n) is 3.55.